The van der Waals surface area contributed by atoms with Crippen molar-refractivity contribution in [3.63, 3.8) is 0 Å². The van der Waals surface area contributed by atoms with E-state index in [1.54, 1.807) is 25.6 Å². The van der Waals surface area contributed by atoms with Gasteiger partial charge in [-0.2, -0.15) is 5.10 Å². The average molecular weight is 387 g/mol. The Labute approximate surface area is 160 Å². The van der Waals surface area contributed by atoms with Crippen molar-refractivity contribution in [1.29, 1.82) is 0 Å². The van der Waals surface area contributed by atoms with Gasteiger partial charge in [-0.05, 0) is 39.8 Å². The van der Waals surface area contributed by atoms with Crippen molar-refractivity contribution >= 4 is 23.2 Å². The Morgan fingerprint density at radius 3 is 2.41 bits per heavy atom. The molecular formula is C18H21N5O3S. The Morgan fingerprint density at radius 2 is 1.85 bits per heavy atom. The molecule has 27 heavy (non-hydrogen) atoms. The van der Waals surface area contributed by atoms with E-state index < -0.39 is 12.0 Å². The first kappa shape index (κ1) is 18.8. The fraction of sp³-hybridized carbons (Fsp3) is 0.333. The number of amides is 1. The number of aromatic nitrogens is 4. The van der Waals surface area contributed by atoms with Gasteiger partial charge in [0.1, 0.15) is 21.3 Å². The van der Waals surface area contributed by atoms with Gasteiger partial charge in [0.15, 0.2) is 0 Å². The number of nitrogens with one attached hydrogen (secondary N) is 1. The number of carbonyl (C=O) groups excluding carboxylic acids is 1. The zero-order chi connectivity index (χ0) is 19.9. The van der Waals surface area contributed by atoms with E-state index in [1.807, 2.05) is 30.5 Å². The quantitative estimate of drug-likeness (QED) is 0.701. The van der Waals surface area contributed by atoms with Crippen LogP contribution in [0.15, 0.2) is 18.3 Å². The number of carboxylic acids is 1. The van der Waals surface area contributed by atoms with Crippen molar-refractivity contribution in [2.45, 2.75) is 33.7 Å². The standard InChI is InChI=1S/C18H21N5O3S/c1-9-6-7-10(2)23(9)17-13(8-19-22(17)5)15(24)20-12(4)16-21-11(3)14(27-16)18(25)26/h6-8,12H,1-5H3,(H,20,24)(H,25,26). The molecule has 9 heteroatoms. The lowest BCUT2D eigenvalue weighted by molar-refractivity contribution is 0.0701. The minimum absolute atomic E-state index is 0.187. The summed E-state index contributed by atoms with van der Waals surface area (Å²) in [6.45, 7) is 7.37. The maximum Gasteiger partial charge on any atom is 0.347 e. The molecule has 0 aliphatic rings. The van der Waals surface area contributed by atoms with Gasteiger partial charge < -0.3 is 15.0 Å². The first-order valence-electron chi connectivity index (χ1n) is 8.39. The summed E-state index contributed by atoms with van der Waals surface area (Å²) in [5.41, 5.74) is 2.89. The number of carboxylic acid groups (broad SMARTS) is 1. The van der Waals surface area contributed by atoms with Crippen LogP contribution in [0.1, 0.15) is 55.1 Å². The van der Waals surface area contributed by atoms with Gasteiger partial charge in [0.05, 0.1) is 17.9 Å². The second-order valence-corrected chi connectivity index (χ2v) is 7.45. The first-order chi connectivity index (χ1) is 12.7. The Hall–Kier alpha value is -2.94. The number of carbonyl (C=O) groups is 2. The smallest absolute Gasteiger partial charge is 0.347 e. The number of hydrogen-bond acceptors (Lipinski definition) is 5. The Kier molecular flexibility index (Phi) is 4.88. The number of rotatable bonds is 5. The number of thiazole rings is 1. The van der Waals surface area contributed by atoms with Crippen molar-refractivity contribution < 1.29 is 14.7 Å². The third-order valence-corrected chi connectivity index (χ3v) is 5.69. The van der Waals surface area contributed by atoms with Crippen LogP contribution in [0.2, 0.25) is 0 Å². The van der Waals surface area contributed by atoms with E-state index in [2.05, 4.69) is 15.4 Å². The van der Waals surface area contributed by atoms with Gasteiger partial charge in [0.25, 0.3) is 5.91 Å². The summed E-state index contributed by atoms with van der Waals surface area (Å²) in [5, 5.41) is 16.9. The van der Waals surface area contributed by atoms with E-state index in [-0.39, 0.29) is 10.8 Å². The van der Waals surface area contributed by atoms with Gasteiger partial charge in [-0.3, -0.25) is 9.48 Å². The molecule has 3 rings (SSSR count). The lowest BCUT2D eigenvalue weighted by Gasteiger charge is -2.14. The summed E-state index contributed by atoms with van der Waals surface area (Å²) < 4.78 is 3.64. The number of aromatic carboxylic acids is 1. The molecule has 0 fully saturated rings. The maximum atomic E-state index is 12.9. The summed E-state index contributed by atoms with van der Waals surface area (Å²) in [6.07, 6.45) is 1.53. The highest BCUT2D eigenvalue weighted by atomic mass is 32.1. The molecule has 0 radical (unpaired) electrons. The highest BCUT2D eigenvalue weighted by molar-refractivity contribution is 7.13. The van der Waals surface area contributed by atoms with Crippen molar-refractivity contribution in [2.24, 2.45) is 7.05 Å². The second kappa shape index (κ2) is 6.99. The molecule has 8 nitrogen and oxygen atoms in total. The highest BCUT2D eigenvalue weighted by Gasteiger charge is 2.23. The third-order valence-electron chi connectivity index (χ3n) is 4.36. The van der Waals surface area contributed by atoms with E-state index in [9.17, 15) is 14.7 Å². The van der Waals surface area contributed by atoms with Crippen LogP contribution in [-0.2, 0) is 7.05 Å². The lowest BCUT2D eigenvalue weighted by atomic mass is 10.2. The maximum absolute atomic E-state index is 12.9. The normalized spacial score (nSPS) is 12.2. The Balaban J connectivity index is 1.90. The molecule has 1 atom stereocenters. The summed E-state index contributed by atoms with van der Waals surface area (Å²) in [4.78, 5) is 28.6. The van der Waals surface area contributed by atoms with Gasteiger partial charge in [-0.25, -0.2) is 9.78 Å². The third kappa shape index (κ3) is 3.37. The molecule has 1 amide bonds. The molecule has 0 aliphatic carbocycles. The van der Waals surface area contributed by atoms with Crippen LogP contribution in [0.25, 0.3) is 5.82 Å². The van der Waals surface area contributed by atoms with Gasteiger partial charge >= 0.3 is 5.97 Å². The molecule has 0 spiro atoms. The largest absolute Gasteiger partial charge is 0.477 e. The van der Waals surface area contributed by atoms with E-state index in [0.717, 1.165) is 22.7 Å². The van der Waals surface area contributed by atoms with Crippen LogP contribution < -0.4 is 5.32 Å². The molecule has 0 saturated carbocycles. The van der Waals surface area contributed by atoms with Crippen LogP contribution in [0.5, 0.6) is 0 Å². The van der Waals surface area contributed by atoms with Gasteiger partial charge in [-0.1, -0.05) is 0 Å². The minimum Gasteiger partial charge on any atom is -0.477 e. The molecule has 3 heterocycles. The second-order valence-electron chi connectivity index (χ2n) is 6.42. The van der Waals surface area contributed by atoms with Crippen LogP contribution in [0.4, 0.5) is 0 Å². The summed E-state index contributed by atoms with van der Waals surface area (Å²) in [5.74, 6) is -0.619. The van der Waals surface area contributed by atoms with Gasteiger partial charge in [0, 0.05) is 18.4 Å². The molecule has 0 bridgehead atoms. The Bertz CT molecular complexity index is 1010. The molecule has 0 saturated heterocycles. The van der Waals surface area contributed by atoms with Gasteiger partial charge in [0.2, 0.25) is 0 Å². The number of aryl methyl sites for hydroxylation is 4. The molecule has 0 aromatic carbocycles. The van der Waals surface area contributed by atoms with E-state index in [0.29, 0.717) is 22.1 Å². The predicted octanol–water partition coefficient (Wildman–Crippen LogP) is 2.78. The van der Waals surface area contributed by atoms with Crippen molar-refractivity contribution in [1.82, 2.24) is 24.6 Å². The van der Waals surface area contributed by atoms with Crippen LogP contribution in [0, 0.1) is 20.8 Å². The van der Waals surface area contributed by atoms with Crippen LogP contribution in [-0.4, -0.2) is 36.3 Å². The van der Waals surface area contributed by atoms with Crippen LogP contribution >= 0.6 is 11.3 Å². The van der Waals surface area contributed by atoms with E-state index >= 15 is 0 Å². The number of hydrogen-bond donors (Lipinski definition) is 2. The highest BCUT2D eigenvalue weighted by Crippen LogP contribution is 2.25. The number of nitrogens with zero attached hydrogens (tertiary/aromatic N) is 4. The van der Waals surface area contributed by atoms with Crippen LogP contribution in [0.3, 0.4) is 0 Å². The fourth-order valence-corrected chi connectivity index (χ4v) is 3.90. The summed E-state index contributed by atoms with van der Waals surface area (Å²) in [7, 11) is 1.79. The van der Waals surface area contributed by atoms with Crippen molar-refractivity contribution in [2.75, 3.05) is 0 Å². The zero-order valence-electron chi connectivity index (χ0n) is 15.8. The van der Waals surface area contributed by atoms with Gasteiger partial charge in [-0.15, -0.1) is 11.3 Å². The zero-order valence-corrected chi connectivity index (χ0v) is 16.6. The summed E-state index contributed by atoms with van der Waals surface area (Å²) >= 11 is 1.07. The van der Waals surface area contributed by atoms with Crippen molar-refractivity contribution in [3.05, 3.63) is 50.9 Å². The summed E-state index contributed by atoms with van der Waals surface area (Å²) in [6, 6.07) is 3.55. The van der Waals surface area contributed by atoms with E-state index in [1.165, 1.54) is 6.20 Å². The van der Waals surface area contributed by atoms with Crippen molar-refractivity contribution in [3.8, 4) is 5.82 Å². The minimum atomic E-state index is -1.01. The SMILES string of the molecule is Cc1nc(C(C)NC(=O)c2cnn(C)c2-n2c(C)ccc2C)sc1C(=O)O. The molecule has 1 unspecified atom stereocenters. The molecule has 3 aromatic rings. The first-order valence-corrected chi connectivity index (χ1v) is 9.21. The average Bonchev–Trinajstić information content (AvgIpc) is 3.25. The molecule has 0 aliphatic heterocycles. The predicted molar refractivity (Wildman–Crippen MR) is 102 cm³/mol. The van der Waals surface area contributed by atoms with E-state index in [4.69, 9.17) is 0 Å². The molecule has 2 N–H and O–H groups in total. The molecular weight excluding hydrogens is 366 g/mol. The monoisotopic (exact) mass is 387 g/mol. The molecule has 142 valence electrons. The molecule has 3 aromatic heterocycles. The fourth-order valence-electron chi connectivity index (χ4n) is 3.00. The topological polar surface area (TPSA) is 102 Å². The Morgan fingerprint density at radius 1 is 1.22 bits per heavy atom. The lowest BCUT2D eigenvalue weighted by Crippen LogP contribution is -2.27.